The molecule has 2 atom stereocenters. The van der Waals surface area contributed by atoms with Crippen molar-refractivity contribution in [1.82, 2.24) is 10.2 Å². The molecule has 1 aliphatic heterocycles. The molecule has 1 fully saturated rings. The zero-order chi connectivity index (χ0) is 23.6. The molecule has 0 radical (unpaired) electrons. The number of amides is 2. The molecule has 2 aromatic carbocycles. The first-order valence-corrected chi connectivity index (χ1v) is 11.0. The van der Waals surface area contributed by atoms with Crippen LogP contribution in [0, 0.1) is 0 Å². The summed E-state index contributed by atoms with van der Waals surface area (Å²) in [5.74, 6) is -1.54. The van der Waals surface area contributed by atoms with E-state index in [1.54, 1.807) is 6.92 Å². The number of ether oxygens (including phenoxy) is 2. The Balaban J connectivity index is 1.37. The monoisotopic (exact) mass is 452 g/mol. The normalized spacial score (nSPS) is 20.5. The maximum atomic E-state index is 12.9. The van der Waals surface area contributed by atoms with Crippen molar-refractivity contribution in [2.24, 2.45) is 0 Å². The highest BCUT2D eigenvalue weighted by molar-refractivity contribution is 5.87. The number of carbonyl (C=O) groups is 3. The van der Waals surface area contributed by atoms with Crippen molar-refractivity contribution in [3.05, 3.63) is 59.7 Å². The molecule has 1 aliphatic carbocycles. The molecule has 0 bridgehead atoms. The van der Waals surface area contributed by atoms with E-state index in [1.807, 2.05) is 36.4 Å². The summed E-state index contributed by atoms with van der Waals surface area (Å²) in [5, 5.41) is 12.1. The summed E-state index contributed by atoms with van der Waals surface area (Å²) in [6.07, 6.45) is 0.145. The van der Waals surface area contributed by atoms with E-state index in [4.69, 9.17) is 9.47 Å². The fourth-order valence-corrected chi connectivity index (χ4v) is 4.79. The largest absolute Gasteiger partial charge is 0.479 e. The predicted molar refractivity (Wildman–Crippen MR) is 121 cm³/mol. The molecule has 0 saturated carbocycles. The van der Waals surface area contributed by atoms with Crippen molar-refractivity contribution in [2.75, 3.05) is 26.8 Å². The molecule has 2 amide bonds. The average Bonchev–Trinajstić information content (AvgIpc) is 3.15. The molecule has 4 rings (SSSR count). The number of carbonyl (C=O) groups excluding carboxylic acids is 2. The lowest BCUT2D eigenvalue weighted by atomic mass is 9.92. The van der Waals surface area contributed by atoms with Gasteiger partial charge in [-0.25, -0.2) is 9.59 Å². The summed E-state index contributed by atoms with van der Waals surface area (Å²) in [7, 11) is 1.33. The number of piperidine rings is 1. The van der Waals surface area contributed by atoms with Gasteiger partial charge >= 0.3 is 12.1 Å². The Labute approximate surface area is 192 Å². The number of hydrogen-bond acceptors (Lipinski definition) is 5. The molecule has 174 valence electrons. The van der Waals surface area contributed by atoms with E-state index in [9.17, 15) is 19.5 Å². The van der Waals surface area contributed by atoms with Gasteiger partial charge < -0.3 is 24.8 Å². The molecule has 2 unspecified atom stereocenters. The maximum absolute atomic E-state index is 12.9. The van der Waals surface area contributed by atoms with Crippen molar-refractivity contribution in [3.63, 3.8) is 0 Å². The number of likely N-dealkylation sites (tertiary alicyclic amines) is 1. The Bertz CT molecular complexity index is 1020. The molecule has 1 saturated heterocycles. The second-order valence-corrected chi connectivity index (χ2v) is 8.56. The highest BCUT2D eigenvalue weighted by Gasteiger charge is 2.44. The van der Waals surface area contributed by atoms with Crippen LogP contribution in [0.15, 0.2) is 48.5 Å². The number of rotatable bonds is 6. The number of fused-ring (bicyclic) bond motifs is 3. The number of hydrogen-bond donors (Lipinski definition) is 2. The van der Waals surface area contributed by atoms with Crippen LogP contribution in [0.4, 0.5) is 4.79 Å². The van der Waals surface area contributed by atoms with Gasteiger partial charge in [0.15, 0.2) is 5.60 Å². The van der Waals surface area contributed by atoms with Crippen LogP contribution in [0.1, 0.15) is 36.8 Å². The van der Waals surface area contributed by atoms with E-state index < -0.39 is 23.7 Å². The first kappa shape index (κ1) is 22.8. The number of carboxylic acids is 1. The molecule has 33 heavy (non-hydrogen) atoms. The smallest absolute Gasteiger partial charge is 0.407 e. The maximum Gasteiger partial charge on any atom is 0.407 e. The van der Waals surface area contributed by atoms with Gasteiger partial charge in [0, 0.05) is 19.6 Å². The SMILES string of the molecule is COC1(C(=O)O)CCCN(C(=O)C(C)NC(=O)OCC2c3ccccc3-c3ccccc32)C1. The second kappa shape index (κ2) is 9.23. The lowest BCUT2D eigenvalue weighted by Gasteiger charge is -2.39. The Morgan fingerprint density at radius 2 is 1.73 bits per heavy atom. The molecular formula is C25H28N2O6. The van der Waals surface area contributed by atoms with Gasteiger partial charge in [-0.2, -0.15) is 0 Å². The predicted octanol–water partition coefficient (Wildman–Crippen LogP) is 3.01. The van der Waals surface area contributed by atoms with Crippen molar-refractivity contribution in [1.29, 1.82) is 0 Å². The standard InChI is InChI=1S/C25H28N2O6/c1-16(22(28)27-13-7-12-25(15-27,32-2)23(29)30)26-24(31)33-14-21-19-10-5-3-8-17(19)18-9-4-6-11-20(18)21/h3-6,8-11,16,21H,7,12-15H2,1-2H3,(H,26,31)(H,29,30). The van der Waals surface area contributed by atoms with Crippen LogP contribution in [0.25, 0.3) is 11.1 Å². The van der Waals surface area contributed by atoms with Crippen molar-refractivity contribution >= 4 is 18.0 Å². The summed E-state index contributed by atoms with van der Waals surface area (Å²) in [6, 6.07) is 15.2. The first-order valence-electron chi connectivity index (χ1n) is 11.0. The van der Waals surface area contributed by atoms with Gasteiger partial charge in [0.25, 0.3) is 0 Å². The fraction of sp³-hybridized carbons (Fsp3) is 0.400. The molecule has 1 heterocycles. The number of alkyl carbamates (subject to hydrolysis) is 1. The molecule has 8 heteroatoms. The topological polar surface area (TPSA) is 105 Å². The first-order chi connectivity index (χ1) is 15.9. The summed E-state index contributed by atoms with van der Waals surface area (Å²) >= 11 is 0. The summed E-state index contributed by atoms with van der Waals surface area (Å²) in [6.45, 7) is 2.06. The Morgan fingerprint density at radius 3 is 2.30 bits per heavy atom. The van der Waals surface area contributed by atoms with Crippen LogP contribution in [0.3, 0.4) is 0 Å². The Hall–Kier alpha value is -3.39. The molecule has 8 nitrogen and oxygen atoms in total. The van der Waals surface area contributed by atoms with E-state index in [-0.39, 0.29) is 25.0 Å². The van der Waals surface area contributed by atoms with E-state index in [0.717, 1.165) is 22.3 Å². The Morgan fingerprint density at radius 1 is 1.12 bits per heavy atom. The van der Waals surface area contributed by atoms with E-state index in [1.165, 1.54) is 12.0 Å². The molecule has 2 aliphatic rings. The third kappa shape index (κ3) is 4.30. The molecule has 0 spiro atoms. The molecule has 2 aromatic rings. The zero-order valence-electron chi connectivity index (χ0n) is 18.7. The minimum absolute atomic E-state index is 0.0611. The van der Waals surface area contributed by atoms with Gasteiger partial charge in [0.2, 0.25) is 5.91 Å². The highest BCUT2D eigenvalue weighted by Crippen LogP contribution is 2.44. The van der Waals surface area contributed by atoms with Crippen LogP contribution >= 0.6 is 0 Å². The minimum atomic E-state index is -1.42. The average molecular weight is 453 g/mol. The van der Waals surface area contributed by atoms with Gasteiger partial charge in [0.1, 0.15) is 12.6 Å². The lowest BCUT2D eigenvalue weighted by molar-refractivity contribution is -0.171. The van der Waals surface area contributed by atoms with Crippen LogP contribution in [-0.2, 0) is 19.1 Å². The van der Waals surface area contributed by atoms with E-state index >= 15 is 0 Å². The zero-order valence-corrected chi connectivity index (χ0v) is 18.7. The van der Waals surface area contributed by atoms with Gasteiger partial charge in [-0.15, -0.1) is 0 Å². The molecule has 2 N–H and O–H groups in total. The van der Waals surface area contributed by atoms with Gasteiger partial charge in [-0.05, 0) is 42.0 Å². The van der Waals surface area contributed by atoms with Gasteiger partial charge in [-0.3, -0.25) is 4.79 Å². The third-order valence-electron chi connectivity index (χ3n) is 6.60. The number of aliphatic carboxylic acids is 1. The summed E-state index contributed by atoms with van der Waals surface area (Å²) in [5.41, 5.74) is 3.06. The molecular weight excluding hydrogens is 424 g/mol. The van der Waals surface area contributed by atoms with Crippen molar-refractivity contribution in [2.45, 2.75) is 37.3 Å². The minimum Gasteiger partial charge on any atom is -0.479 e. The van der Waals surface area contributed by atoms with Crippen LogP contribution in [-0.4, -0.2) is 66.4 Å². The Kier molecular flexibility index (Phi) is 6.37. The number of nitrogens with zero attached hydrogens (tertiary/aromatic N) is 1. The van der Waals surface area contributed by atoms with Crippen molar-refractivity contribution in [3.8, 4) is 11.1 Å². The van der Waals surface area contributed by atoms with Crippen LogP contribution in [0.5, 0.6) is 0 Å². The molecule has 0 aromatic heterocycles. The lowest BCUT2D eigenvalue weighted by Crippen LogP contribution is -2.58. The van der Waals surface area contributed by atoms with Crippen LogP contribution < -0.4 is 5.32 Å². The van der Waals surface area contributed by atoms with E-state index in [0.29, 0.717) is 19.4 Å². The summed E-state index contributed by atoms with van der Waals surface area (Å²) < 4.78 is 10.7. The summed E-state index contributed by atoms with van der Waals surface area (Å²) in [4.78, 5) is 38.4. The van der Waals surface area contributed by atoms with Crippen molar-refractivity contribution < 1.29 is 29.0 Å². The van der Waals surface area contributed by atoms with E-state index in [2.05, 4.69) is 17.4 Å². The second-order valence-electron chi connectivity index (χ2n) is 8.56. The van der Waals surface area contributed by atoms with Crippen LogP contribution in [0.2, 0.25) is 0 Å². The fourth-order valence-electron chi connectivity index (χ4n) is 4.79. The van der Waals surface area contributed by atoms with Gasteiger partial charge in [0.05, 0.1) is 6.54 Å². The quantitative estimate of drug-likeness (QED) is 0.698. The third-order valence-corrected chi connectivity index (χ3v) is 6.60. The number of methoxy groups -OCH3 is 1. The van der Waals surface area contributed by atoms with Gasteiger partial charge in [-0.1, -0.05) is 48.5 Å². The highest BCUT2D eigenvalue weighted by atomic mass is 16.5. The number of benzene rings is 2. The number of nitrogens with one attached hydrogen (secondary N) is 1. The number of carboxylic acid groups (broad SMARTS) is 1.